The molecule has 0 saturated carbocycles. The van der Waals surface area contributed by atoms with Gasteiger partial charge in [0.25, 0.3) is 0 Å². The van der Waals surface area contributed by atoms with Crippen molar-refractivity contribution in [2.24, 2.45) is 0 Å². The summed E-state index contributed by atoms with van der Waals surface area (Å²) in [5.74, 6) is 0. The van der Waals surface area contributed by atoms with Gasteiger partial charge in [0.05, 0.1) is 9.72 Å². The summed E-state index contributed by atoms with van der Waals surface area (Å²) in [4.78, 5) is 6.94. The predicted octanol–water partition coefficient (Wildman–Crippen LogP) is 2.36. The topological polar surface area (TPSA) is 28.2 Å². The molecule has 3 rings (SSSR count). The van der Waals surface area contributed by atoms with Crippen LogP contribution in [0, 0.1) is 0 Å². The van der Waals surface area contributed by atoms with Crippen molar-refractivity contribution in [3.8, 4) is 0 Å². The van der Waals surface area contributed by atoms with Crippen LogP contribution in [0.1, 0.15) is 0 Å². The van der Waals surface area contributed by atoms with Gasteiger partial charge < -0.3 is 10.2 Å². The molecule has 1 aromatic heterocycles. The van der Waals surface area contributed by atoms with Crippen molar-refractivity contribution in [3.63, 3.8) is 0 Å². The van der Waals surface area contributed by atoms with Gasteiger partial charge >= 0.3 is 0 Å². The van der Waals surface area contributed by atoms with Crippen molar-refractivity contribution < 1.29 is 0 Å². The first-order valence-electron chi connectivity index (χ1n) is 5.35. The van der Waals surface area contributed by atoms with Crippen LogP contribution in [0.4, 0.5) is 5.13 Å². The molecule has 0 amide bonds. The van der Waals surface area contributed by atoms with E-state index in [-0.39, 0.29) is 0 Å². The molecule has 0 atom stereocenters. The maximum atomic E-state index is 6.12. The molecule has 16 heavy (non-hydrogen) atoms. The van der Waals surface area contributed by atoms with Crippen molar-refractivity contribution in [1.82, 2.24) is 10.3 Å². The van der Waals surface area contributed by atoms with Crippen LogP contribution < -0.4 is 10.2 Å². The quantitative estimate of drug-likeness (QED) is 0.846. The first-order chi connectivity index (χ1) is 7.84. The number of nitrogens with zero attached hydrogens (tertiary/aromatic N) is 2. The molecule has 0 radical (unpaired) electrons. The Morgan fingerprint density at radius 2 is 2.12 bits per heavy atom. The summed E-state index contributed by atoms with van der Waals surface area (Å²) < 4.78 is 1.17. The minimum Gasteiger partial charge on any atom is -0.346 e. The molecule has 2 heterocycles. The second-order valence-electron chi connectivity index (χ2n) is 3.82. The molecule has 1 N–H and O–H groups in total. The maximum absolute atomic E-state index is 6.12. The van der Waals surface area contributed by atoms with Crippen molar-refractivity contribution in [2.75, 3.05) is 31.1 Å². The lowest BCUT2D eigenvalue weighted by Crippen LogP contribution is -2.43. The van der Waals surface area contributed by atoms with Crippen LogP contribution in [-0.2, 0) is 0 Å². The number of nitrogens with one attached hydrogen (secondary N) is 1. The molecule has 1 fully saturated rings. The molecule has 1 aliphatic rings. The van der Waals surface area contributed by atoms with Gasteiger partial charge in [0.15, 0.2) is 5.13 Å². The lowest BCUT2D eigenvalue weighted by molar-refractivity contribution is 0.588. The monoisotopic (exact) mass is 253 g/mol. The van der Waals surface area contributed by atoms with Gasteiger partial charge in [0.2, 0.25) is 0 Å². The third kappa shape index (κ3) is 1.77. The SMILES string of the molecule is Clc1cccc2sc(N3CCNCC3)nc12. The summed E-state index contributed by atoms with van der Waals surface area (Å²) >= 11 is 7.84. The summed E-state index contributed by atoms with van der Waals surface area (Å²) in [5.41, 5.74) is 0.933. The number of aromatic nitrogens is 1. The number of para-hydroxylation sites is 1. The normalized spacial score (nSPS) is 16.9. The lowest BCUT2D eigenvalue weighted by Gasteiger charge is -2.26. The van der Waals surface area contributed by atoms with Gasteiger partial charge in [-0.25, -0.2) is 4.98 Å². The number of hydrogen-bond acceptors (Lipinski definition) is 4. The van der Waals surface area contributed by atoms with E-state index in [0.717, 1.165) is 41.8 Å². The summed E-state index contributed by atoms with van der Waals surface area (Å²) in [6.07, 6.45) is 0. The maximum Gasteiger partial charge on any atom is 0.186 e. The van der Waals surface area contributed by atoms with Crippen molar-refractivity contribution in [3.05, 3.63) is 23.2 Å². The van der Waals surface area contributed by atoms with Gasteiger partial charge in [0.1, 0.15) is 5.52 Å². The predicted molar refractivity (Wildman–Crippen MR) is 69.7 cm³/mol. The minimum atomic E-state index is 0.745. The molecule has 1 saturated heterocycles. The molecule has 1 aliphatic heterocycles. The Balaban J connectivity index is 2.01. The van der Waals surface area contributed by atoms with E-state index in [4.69, 9.17) is 11.6 Å². The number of fused-ring (bicyclic) bond motifs is 1. The Hall–Kier alpha value is -0.840. The fourth-order valence-corrected chi connectivity index (χ4v) is 3.21. The summed E-state index contributed by atoms with van der Waals surface area (Å²) in [7, 11) is 0. The Morgan fingerprint density at radius 3 is 2.88 bits per heavy atom. The van der Waals surface area contributed by atoms with Crippen molar-refractivity contribution in [2.45, 2.75) is 0 Å². The fourth-order valence-electron chi connectivity index (χ4n) is 1.89. The number of hydrogen-bond donors (Lipinski definition) is 1. The van der Waals surface area contributed by atoms with E-state index >= 15 is 0 Å². The van der Waals surface area contributed by atoms with E-state index in [1.807, 2.05) is 12.1 Å². The number of rotatable bonds is 1. The van der Waals surface area contributed by atoms with E-state index in [9.17, 15) is 0 Å². The van der Waals surface area contributed by atoms with Gasteiger partial charge in [-0.15, -0.1) is 0 Å². The minimum absolute atomic E-state index is 0.745. The standard InChI is InChI=1S/C11H12ClN3S/c12-8-2-1-3-9-10(8)14-11(16-9)15-6-4-13-5-7-15/h1-3,13H,4-7H2. The van der Waals surface area contributed by atoms with Gasteiger partial charge in [0, 0.05) is 26.2 Å². The Bertz CT molecular complexity index is 505. The zero-order valence-electron chi connectivity index (χ0n) is 8.74. The second kappa shape index (κ2) is 4.20. The van der Waals surface area contributed by atoms with E-state index in [2.05, 4.69) is 21.3 Å². The Morgan fingerprint density at radius 1 is 1.31 bits per heavy atom. The second-order valence-corrected chi connectivity index (χ2v) is 5.24. The zero-order valence-corrected chi connectivity index (χ0v) is 10.3. The molecular formula is C11H12ClN3S. The summed E-state index contributed by atoms with van der Waals surface area (Å²) in [6, 6.07) is 5.94. The van der Waals surface area contributed by atoms with Crippen molar-refractivity contribution >= 4 is 38.3 Å². The van der Waals surface area contributed by atoms with E-state index in [1.165, 1.54) is 4.70 Å². The van der Waals surface area contributed by atoms with Crippen LogP contribution in [0.3, 0.4) is 0 Å². The molecule has 2 aromatic rings. The van der Waals surface area contributed by atoms with Gasteiger partial charge in [-0.05, 0) is 12.1 Å². The third-order valence-electron chi connectivity index (χ3n) is 2.75. The highest BCUT2D eigenvalue weighted by Gasteiger charge is 2.15. The Kier molecular flexibility index (Phi) is 2.71. The summed E-state index contributed by atoms with van der Waals surface area (Å²) in [5, 5.41) is 5.17. The summed E-state index contributed by atoms with van der Waals surface area (Å²) in [6.45, 7) is 4.11. The van der Waals surface area contributed by atoms with Gasteiger partial charge in [-0.2, -0.15) is 0 Å². The highest BCUT2D eigenvalue weighted by atomic mass is 35.5. The van der Waals surface area contributed by atoms with Crippen LogP contribution in [-0.4, -0.2) is 31.2 Å². The molecule has 0 spiro atoms. The van der Waals surface area contributed by atoms with Crippen LogP contribution in [0.25, 0.3) is 10.2 Å². The first-order valence-corrected chi connectivity index (χ1v) is 6.55. The highest BCUT2D eigenvalue weighted by molar-refractivity contribution is 7.22. The van der Waals surface area contributed by atoms with Crippen molar-refractivity contribution in [1.29, 1.82) is 0 Å². The number of anilines is 1. The largest absolute Gasteiger partial charge is 0.346 e. The molecule has 0 aliphatic carbocycles. The average molecular weight is 254 g/mol. The van der Waals surface area contributed by atoms with Crippen LogP contribution in [0.2, 0.25) is 5.02 Å². The number of benzene rings is 1. The number of piperazine rings is 1. The van der Waals surface area contributed by atoms with Crippen LogP contribution in [0.15, 0.2) is 18.2 Å². The Labute approximate surface area is 103 Å². The van der Waals surface area contributed by atoms with Gasteiger partial charge in [-0.1, -0.05) is 29.0 Å². The van der Waals surface area contributed by atoms with Crippen LogP contribution >= 0.6 is 22.9 Å². The smallest absolute Gasteiger partial charge is 0.186 e. The average Bonchev–Trinajstić information content (AvgIpc) is 2.76. The van der Waals surface area contributed by atoms with E-state index < -0.39 is 0 Å². The molecule has 1 aromatic carbocycles. The number of thiazole rings is 1. The van der Waals surface area contributed by atoms with E-state index in [0.29, 0.717) is 0 Å². The van der Waals surface area contributed by atoms with Crippen LogP contribution in [0.5, 0.6) is 0 Å². The molecular weight excluding hydrogens is 242 g/mol. The molecule has 3 nitrogen and oxygen atoms in total. The lowest BCUT2D eigenvalue weighted by atomic mass is 10.3. The molecule has 84 valence electrons. The third-order valence-corrected chi connectivity index (χ3v) is 4.13. The molecule has 0 bridgehead atoms. The zero-order chi connectivity index (χ0) is 11.0. The fraction of sp³-hybridized carbons (Fsp3) is 0.364. The highest BCUT2D eigenvalue weighted by Crippen LogP contribution is 2.32. The first kappa shape index (κ1) is 10.3. The molecule has 5 heteroatoms. The van der Waals surface area contributed by atoms with E-state index in [1.54, 1.807) is 11.3 Å². The molecule has 0 unspecified atom stereocenters. The van der Waals surface area contributed by atoms with Gasteiger partial charge in [-0.3, -0.25) is 0 Å². The number of halogens is 1.